The van der Waals surface area contributed by atoms with E-state index in [1.165, 1.54) is 6.42 Å². The van der Waals surface area contributed by atoms with E-state index in [0.29, 0.717) is 48.7 Å². The third-order valence-corrected chi connectivity index (χ3v) is 13.3. The lowest BCUT2D eigenvalue weighted by Gasteiger charge is -2.62. The Morgan fingerprint density at radius 3 is 2.38 bits per heavy atom. The molecule has 56 heavy (non-hydrogen) atoms. The van der Waals surface area contributed by atoms with Crippen LogP contribution in [-0.2, 0) is 21.0 Å². The lowest BCUT2D eigenvalue weighted by Crippen LogP contribution is -2.62. The van der Waals surface area contributed by atoms with E-state index in [9.17, 15) is 24.6 Å². The summed E-state index contributed by atoms with van der Waals surface area (Å²) >= 11 is 0. The van der Waals surface area contributed by atoms with Gasteiger partial charge in [0.2, 0.25) is 11.8 Å². The zero-order valence-corrected chi connectivity index (χ0v) is 34.7. The highest BCUT2D eigenvalue weighted by atomic mass is 16.7. The largest absolute Gasteiger partial charge is 0.496 e. The molecule has 308 valence electrons. The highest BCUT2D eigenvalue weighted by molar-refractivity contribution is 6.00. The molecule has 2 heterocycles. The molecule has 0 radical (unpaired) electrons. The van der Waals surface area contributed by atoms with Gasteiger partial charge in [-0.25, -0.2) is 0 Å². The molecule has 2 aromatic rings. The zero-order chi connectivity index (χ0) is 40.6. The molecular weight excluding hydrogens is 713 g/mol. The molecule has 4 N–H and O–H groups in total. The molecule has 2 bridgehead atoms. The van der Waals surface area contributed by atoms with Crippen molar-refractivity contribution in [2.24, 2.45) is 29.1 Å². The molecule has 2 unspecified atom stereocenters. The van der Waals surface area contributed by atoms with Gasteiger partial charge in [-0.05, 0) is 93.6 Å². The van der Waals surface area contributed by atoms with E-state index in [1.54, 1.807) is 19.1 Å². The minimum absolute atomic E-state index is 0.0219. The lowest BCUT2D eigenvalue weighted by molar-refractivity contribution is -0.183. The molecule has 5 fully saturated rings. The Kier molecular flexibility index (Phi) is 12.7. The number of carbonyl (C=O) groups is 3. The predicted octanol–water partition coefficient (Wildman–Crippen LogP) is 3.37. The van der Waals surface area contributed by atoms with Crippen LogP contribution < -0.4 is 20.3 Å². The first-order valence-electron chi connectivity index (χ1n) is 20.3. The van der Waals surface area contributed by atoms with E-state index in [2.05, 4.69) is 31.4 Å². The number of rotatable bonds is 14. The third kappa shape index (κ3) is 8.29. The van der Waals surface area contributed by atoms with Crippen molar-refractivity contribution in [3.8, 4) is 16.9 Å². The Hall–Kier alpha value is -3.75. The fourth-order valence-corrected chi connectivity index (χ4v) is 9.94. The maximum Gasteiger partial charge on any atom is 0.252 e. The van der Waals surface area contributed by atoms with E-state index < -0.39 is 30.2 Å². The number of likely N-dealkylation sites (tertiary alicyclic amines) is 1. The summed E-state index contributed by atoms with van der Waals surface area (Å²) in [5, 5.41) is 29.3. The lowest BCUT2D eigenvalue weighted by atomic mass is 9.45. The van der Waals surface area contributed by atoms with Crippen LogP contribution in [0.5, 0.6) is 5.75 Å². The number of carbonyl (C=O) groups excluding carboxylic acids is 3. The number of hydroxylamine groups is 2. The average Bonchev–Trinajstić information content (AvgIpc) is 3.83. The first-order chi connectivity index (χ1) is 26.5. The summed E-state index contributed by atoms with van der Waals surface area (Å²) in [6.07, 6.45) is 2.34. The van der Waals surface area contributed by atoms with Crippen LogP contribution in [0.25, 0.3) is 11.1 Å². The molecule has 13 heteroatoms. The summed E-state index contributed by atoms with van der Waals surface area (Å²) in [5.41, 5.74) is 3.65. The van der Waals surface area contributed by atoms with Crippen LogP contribution in [0.3, 0.4) is 0 Å². The van der Waals surface area contributed by atoms with Gasteiger partial charge in [0.15, 0.2) is 0 Å². The van der Waals surface area contributed by atoms with Gasteiger partial charge in [0, 0.05) is 68.1 Å². The number of aliphatic hydroxyl groups is 2. The van der Waals surface area contributed by atoms with Gasteiger partial charge in [0.1, 0.15) is 23.9 Å². The second-order valence-electron chi connectivity index (χ2n) is 17.7. The molecule has 2 aromatic carbocycles. The number of methoxy groups -OCH3 is 1. The highest BCUT2D eigenvalue weighted by Crippen LogP contribution is 2.61. The number of nitrogens with one attached hydrogen (secondary N) is 2. The number of hydrogen-bond acceptors (Lipinski definition) is 10. The molecule has 3 aliphatic carbocycles. The number of ether oxygens (including phenoxy) is 1. The van der Waals surface area contributed by atoms with Crippen molar-refractivity contribution in [1.29, 1.82) is 0 Å². The molecule has 3 amide bonds. The molecule has 9 atom stereocenters. The summed E-state index contributed by atoms with van der Waals surface area (Å²) in [5.74, 6) is 0.653. The van der Waals surface area contributed by atoms with E-state index in [-0.39, 0.29) is 42.3 Å². The third-order valence-electron chi connectivity index (χ3n) is 13.3. The first-order valence-corrected chi connectivity index (χ1v) is 20.3. The summed E-state index contributed by atoms with van der Waals surface area (Å²) < 4.78 is 6.08. The monoisotopic (exact) mass is 776 g/mol. The predicted molar refractivity (Wildman–Crippen MR) is 216 cm³/mol. The normalized spacial score (nSPS) is 28.1. The number of benzene rings is 2. The van der Waals surface area contributed by atoms with Gasteiger partial charge in [-0.15, -0.1) is 0 Å². The van der Waals surface area contributed by atoms with E-state index in [0.717, 1.165) is 41.6 Å². The van der Waals surface area contributed by atoms with Crippen LogP contribution in [0.1, 0.15) is 69.3 Å². The van der Waals surface area contributed by atoms with Gasteiger partial charge in [0.05, 0.1) is 26.4 Å². The van der Waals surface area contributed by atoms with Gasteiger partial charge in [-0.2, -0.15) is 5.06 Å². The number of fused-ring (bicyclic) bond motifs is 2. The van der Waals surface area contributed by atoms with Gasteiger partial charge in [-0.1, -0.05) is 39.0 Å². The topological polar surface area (TPSA) is 147 Å². The number of para-hydroxylation sites is 1. The first kappa shape index (κ1) is 41.9. The molecule has 0 aromatic heterocycles. The van der Waals surface area contributed by atoms with E-state index in [4.69, 9.17) is 9.57 Å². The fourth-order valence-electron chi connectivity index (χ4n) is 9.94. The van der Waals surface area contributed by atoms with E-state index in [1.807, 2.05) is 79.3 Å². The van der Waals surface area contributed by atoms with Crippen LogP contribution in [-0.4, -0.2) is 135 Å². The second kappa shape index (κ2) is 17.0. The quantitative estimate of drug-likeness (QED) is 0.225. The Balaban J connectivity index is 1.28. The number of anilines is 1. The fraction of sp³-hybridized carbons (Fsp3) is 0.651. The van der Waals surface area contributed by atoms with Crippen LogP contribution in [0.4, 0.5) is 5.69 Å². The standard InChI is InChI=1S/C43H64N6O7/c1-25-33-20-30(43(33,3)4)21-34(25)44-41(53)38-37(26(2)51)36(24-50)56-49(38)22-27-13-12-14-32(39(27)55-9)28-17-29(19-31(18-28)47(7)8)40(52)45-35(23-46(5)6)42(54)48-15-10-11-16-48/h12-14,17-19,25-26,30,33-38,50-51H,10-11,15-16,20-24H2,1-9H3,(H,44,53)(H,45,52)/t25-,26?,30+,33-,34-,35+,36-,37?,38-/m0/s1. The highest BCUT2D eigenvalue weighted by Gasteiger charge is 2.57. The van der Waals surface area contributed by atoms with Crippen molar-refractivity contribution < 1.29 is 34.2 Å². The Bertz CT molecular complexity index is 1740. The Morgan fingerprint density at radius 1 is 1.07 bits per heavy atom. The molecule has 0 spiro atoms. The Morgan fingerprint density at radius 2 is 1.79 bits per heavy atom. The van der Waals surface area contributed by atoms with E-state index >= 15 is 0 Å². The van der Waals surface area contributed by atoms with Crippen molar-refractivity contribution >= 4 is 23.4 Å². The minimum Gasteiger partial charge on any atom is -0.496 e. The molecule has 7 rings (SSSR count). The second-order valence-corrected chi connectivity index (χ2v) is 17.7. The summed E-state index contributed by atoms with van der Waals surface area (Å²) in [7, 11) is 9.17. The average molecular weight is 777 g/mol. The molecule has 13 nitrogen and oxygen atoms in total. The van der Waals surface area contributed by atoms with Crippen molar-refractivity contribution in [2.75, 3.05) is 66.4 Å². The maximum absolute atomic E-state index is 14.3. The number of aliphatic hydroxyl groups excluding tert-OH is 2. The molecule has 3 saturated carbocycles. The van der Waals surface area contributed by atoms with Gasteiger partial charge in [-0.3, -0.25) is 19.2 Å². The molecule has 2 saturated heterocycles. The summed E-state index contributed by atoms with van der Waals surface area (Å²) in [6.45, 7) is 10.1. The van der Waals surface area contributed by atoms with Crippen molar-refractivity contribution in [2.45, 2.75) is 90.3 Å². The van der Waals surface area contributed by atoms with Crippen LogP contribution in [0, 0.1) is 29.1 Å². The van der Waals surface area contributed by atoms with Gasteiger partial charge in [0.25, 0.3) is 5.91 Å². The zero-order valence-electron chi connectivity index (χ0n) is 34.7. The SMILES string of the molecule is COc1c(CN2O[C@@H](CO)C(C(C)O)[C@H]2C(=O)N[C@H]2C[C@H]3C[C@@H]([C@@H]2C)C3(C)C)cccc1-c1cc(C(=O)N[C@H](CN(C)C)C(=O)N2CCCC2)cc(N(C)C)c1. The Labute approximate surface area is 332 Å². The number of amides is 3. The van der Waals surface area contributed by atoms with Gasteiger partial charge < -0.3 is 40.3 Å². The number of nitrogens with zero attached hydrogens (tertiary/aromatic N) is 4. The number of likely N-dealkylation sites (N-methyl/N-ethyl adjacent to an activating group) is 1. The van der Waals surface area contributed by atoms with Gasteiger partial charge >= 0.3 is 0 Å². The van der Waals surface area contributed by atoms with Crippen molar-refractivity contribution in [1.82, 2.24) is 25.5 Å². The molecule has 5 aliphatic rings. The van der Waals surface area contributed by atoms with Crippen LogP contribution in [0.2, 0.25) is 0 Å². The minimum atomic E-state index is -0.918. The smallest absolute Gasteiger partial charge is 0.252 e. The van der Waals surface area contributed by atoms with Crippen molar-refractivity contribution in [3.05, 3.63) is 47.5 Å². The van der Waals surface area contributed by atoms with Crippen LogP contribution >= 0.6 is 0 Å². The summed E-state index contributed by atoms with van der Waals surface area (Å²) in [6, 6.07) is 9.80. The van der Waals surface area contributed by atoms with Crippen LogP contribution in [0.15, 0.2) is 36.4 Å². The maximum atomic E-state index is 14.3. The van der Waals surface area contributed by atoms with Crippen molar-refractivity contribution in [3.63, 3.8) is 0 Å². The number of hydrogen-bond donors (Lipinski definition) is 4. The molecular formula is C43H64N6O7. The molecule has 2 aliphatic heterocycles. The summed E-state index contributed by atoms with van der Waals surface area (Å²) in [4.78, 5) is 53.7.